The zero-order valence-electron chi connectivity index (χ0n) is 11.9. The summed E-state index contributed by atoms with van der Waals surface area (Å²) in [5, 5.41) is 3.36. The first-order valence-electron chi connectivity index (χ1n) is 7.03. The van der Waals surface area contributed by atoms with Crippen LogP contribution in [0.15, 0.2) is 46.9 Å². The van der Waals surface area contributed by atoms with Crippen LogP contribution in [0.3, 0.4) is 0 Å². The van der Waals surface area contributed by atoms with Crippen LogP contribution in [-0.4, -0.2) is 19.0 Å². The Balaban J connectivity index is 2.03. The van der Waals surface area contributed by atoms with Gasteiger partial charge in [-0.3, -0.25) is 4.79 Å². The van der Waals surface area contributed by atoms with Gasteiger partial charge in [0.2, 0.25) is 0 Å². The molecule has 4 heteroatoms. The minimum Gasteiger partial charge on any atom is -0.311 e. The molecule has 0 unspecified atom stereocenters. The van der Waals surface area contributed by atoms with Gasteiger partial charge in [-0.05, 0) is 46.6 Å². The van der Waals surface area contributed by atoms with E-state index in [1.165, 1.54) is 0 Å². The van der Waals surface area contributed by atoms with E-state index in [0.717, 1.165) is 34.4 Å². The Hall–Kier alpha value is -1.65. The lowest BCUT2D eigenvalue weighted by atomic mass is 10.1. The molecule has 3 rings (SSSR count). The van der Waals surface area contributed by atoms with Crippen LogP contribution in [0, 0.1) is 6.92 Å². The topological polar surface area (TPSA) is 32.3 Å². The average molecular weight is 345 g/mol. The molecular formula is C17H17BrN2O. The van der Waals surface area contributed by atoms with Crippen molar-refractivity contribution in [2.45, 2.75) is 13.5 Å². The average Bonchev–Trinajstić information content (AvgIpc) is 2.71. The second kappa shape index (κ2) is 6.00. The van der Waals surface area contributed by atoms with E-state index in [1.807, 2.05) is 48.2 Å². The number of hydrogen-bond donors (Lipinski definition) is 1. The molecule has 1 heterocycles. The van der Waals surface area contributed by atoms with E-state index < -0.39 is 0 Å². The monoisotopic (exact) mass is 344 g/mol. The lowest BCUT2D eigenvalue weighted by Gasteiger charge is -2.23. The smallest absolute Gasteiger partial charge is 0.259 e. The summed E-state index contributed by atoms with van der Waals surface area (Å²) in [5.41, 5.74) is 3.96. The van der Waals surface area contributed by atoms with Crippen molar-refractivity contribution in [1.82, 2.24) is 5.32 Å². The Morgan fingerprint density at radius 3 is 2.90 bits per heavy atom. The van der Waals surface area contributed by atoms with E-state index in [9.17, 15) is 4.79 Å². The van der Waals surface area contributed by atoms with Gasteiger partial charge >= 0.3 is 0 Å². The Morgan fingerprint density at radius 2 is 2.05 bits per heavy atom. The van der Waals surface area contributed by atoms with Crippen LogP contribution >= 0.6 is 15.9 Å². The van der Waals surface area contributed by atoms with E-state index in [1.54, 1.807) is 0 Å². The van der Waals surface area contributed by atoms with Crippen molar-refractivity contribution in [1.29, 1.82) is 0 Å². The minimum absolute atomic E-state index is 0.0433. The molecule has 1 aliphatic rings. The quantitative estimate of drug-likeness (QED) is 0.858. The van der Waals surface area contributed by atoms with Gasteiger partial charge in [-0.15, -0.1) is 0 Å². The lowest BCUT2D eigenvalue weighted by molar-refractivity contribution is 0.0986. The number of amides is 1. The summed E-state index contributed by atoms with van der Waals surface area (Å²) in [6, 6.07) is 14.0. The van der Waals surface area contributed by atoms with Crippen LogP contribution in [0.25, 0.3) is 0 Å². The predicted molar refractivity (Wildman–Crippen MR) is 88.7 cm³/mol. The second-order valence-corrected chi connectivity index (χ2v) is 6.10. The summed E-state index contributed by atoms with van der Waals surface area (Å²) in [7, 11) is 0. The zero-order chi connectivity index (χ0) is 14.8. The van der Waals surface area contributed by atoms with Crippen molar-refractivity contribution in [2.24, 2.45) is 0 Å². The number of aryl methyl sites for hydroxylation is 1. The molecule has 2 aromatic carbocycles. The van der Waals surface area contributed by atoms with E-state index >= 15 is 0 Å². The molecule has 0 saturated carbocycles. The van der Waals surface area contributed by atoms with Crippen molar-refractivity contribution in [3.05, 3.63) is 63.6 Å². The maximum Gasteiger partial charge on any atom is 0.259 e. The molecule has 0 aromatic heterocycles. The van der Waals surface area contributed by atoms with Gasteiger partial charge < -0.3 is 10.2 Å². The molecule has 0 aliphatic carbocycles. The van der Waals surface area contributed by atoms with Crippen LogP contribution in [0.2, 0.25) is 0 Å². The molecule has 1 aliphatic heterocycles. The Kier molecular flexibility index (Phi) is 4.08. The number of anilines is 1. The van der Waals surface area contributed by atoms with Gasteiger partial charge in [-0.1, -0.05) is 29.8 Å². The highest BCUT2D eigenvalue weighted by atomic mass is 79.9. The summed E-state index contributed by atoms with van der Waals surface area (Å²) in [6.45, 7) is 4.27. The molecule has 1 amide bonds. The second-order valence-electron chi connectivity index (χ2n) is 5.25. The highest BCUT2D eigenvalue weighted by Crippen LogP contribution is 2.26. The van der Waals surface area contributed by atoms with Crippen LogP contribution in [0.1, 0.15) is 21.5 Å². The molecule has 2 aromatic rings. The van der Waals surface area contributed by atoms with Gasteiger partial charge in [-0.25, -0.2) is 0 Å². The number of carbonyl (C=O) groups is 1. The maximum atomic E-state index is 13.0. The first kappa shape index (κ1) is 14.3. The number of benzene rings is 2. The molecule has 108 valence electrons. The van der Waals surface area contributed by atoms with Gasteiger partial charge in [0.25, 0.3) is 5.91 Å². The van der Waals surface area contributed by atoms with Gasteiger partial charge in [0.15, 0.2) is 0 Å². The number of rotatable bonds is 1. The zero-order valence-corrected chi connectivity index (χ0v) is 13.5. The number of para-hydroxylation sites is 1. The third-order valence-corrected chi connectivity index (χ3v) is 4.40. The van der Waals surface area contributed by atoms with Crippen molar-refractivity contribution in [3.8, 4) is 0 Å². The van der Waals surface area contributed by atoms with E-state index in [4.69, 9.17) is 0 Å². The van der Waals surface area contributed by atoms with Gasteiger partial charge in [0.1, 0.15) is 0 Å². The maximum absolute atomic E-state index is 13.0. The number of hydrogen-bond acceptors (Lipinski definition) is 2. The van der Waals surface area contributed by atoms with E-state index in [-0.39, 0.29) is 5.91 Å². The molecule has 0 spiro atoms. The Labute approximate surface area is 133 Å². The van der Waals surface area contributed by atoms with Crippen LogP contribution in [0.4, 0.5) is 5.69 Å². The number of nitrogens with zero attached hydrogens (tertiary/aromatic N) is 1. The largest absolute Gasteiger partial charge is 0.311 e. The SMILES string of the molecule is Cc1ccc(Br)c(C(=O)N2CCNCc3ccccc32)c1. The molecule has 0 bridgehead atoms. The lowest BCUT2D eigenvalue weighted by Crippen LogP contribution is -2.35. The summed E-state index contributed by atoms with van der Waals surface area (Å²) >= 11 is 3.49. The first-order chi connectivity index (χ1) is 10.2. The van der Waals surface area contributed by atoms with Crippen molar-refractivity contribution >= 4 is 27.5 Å². The summed E-state index contributed by atoms with van der Waals surface area (Å²) in [4.78, 5) is 14.8. The number of halogens is 1. The van der Waals surface area contributed by atoms with Gasteiger partial charge in [0, 0.05) is 29.8 Å². The Bertz CT molecular complexity index is 684. The number of fused-ring (bicyclic) bond motifs is 1. The highest BCUT2D eigenvalue weighted by Gasteiger charge is 2.23. The van der Waals surface area contributed by atoms with Crippen molar-refractivity contribution in [2.75, 3.05) is 18.0 Å². The number of carbonyl (C=O) groups excluding carboxylic acids is 1. The molecular weight excluding hydrogens is 328 g/mol. The fraction of sp³-hybridized carbons (Fsp3) is 0.235. The summed E-state index contributed by atoms with van der Waals surface area (Å²) < 4.78 is 0.841. The molecule has 1 N–H and O–H groups in total. The molecule has 21 heavy (non-hydrogen) atoms. The minimum atomic E-state index is 0.0433. The van der Waals surface area contributed by atoms with Crippen LogP contribution < -0.4 is 10.2 Å². The standard InChI is InChI=1S/C17H17BrN2O/c1-12-6-7-15(18)14(10-12)17(21)20-9-8-19-11-13-4-2-3-5-16(13)20/h2-7,10,19H,8-9,11H2,1H3. The summed E-state index contributed by atoms with van der Waals surface area (Å²) in [6.07, 6.45) is 0. The predicted octanol–water partition coefficient (Wildman–Crippen LogP) is 3.51. The Morgan fingerprint density at radius 1 is 1.24 bits per heavy atom. The highest BCUT2D eigenvalue weighted by molar-refractivity contribution is 9.10. The van der Waals surface area contributed by atoms with Crippen molar-refractivity contribution in [3.63, 3.8) is 0 Å². The van der Waals surface area contributed by atoms with E-state index in [2.05, 4.69) is 27.3 Å². The fourth-order valence-electron chi connectivity index (χ4n) is 2.62. The van der Waals surface area contributed by atoms with Crippen molar-refractivity contribution < 1.29 is 4.79 Å². The van der Waals surface area contributed by atoms with Crippen LogP contribution in [-0.2, 0) is 6.54 Å². The van der Waals surface area contributed by atoms with Crippen LogP contribution in [0.5, 0.6) is 0 Å². The third kappa shape index (κ3) is 2.87. The molecule has 0 radical (unpaired) electrons. The fourth-order valence-corrected chi connectivity index (χ4v) is 3.03. The van der Waals surface area contributed by atoms with Gasteiger partial charge in [-0.2, -0.15) is 0 Å². The molecule has 3 nitrogen and oxygen atoms in total. The van der Waals surface area contributed by atoms with E-state index in [0.29, 0.717) is 12.1 Å². The molecule has 0 atom stereocenters. The molecule has 0 fully saturated rings. The first-order valence-corrected chi connectivity index (χ1v) is 7.83. The summed E-state index contributed by atoms with van der Waals surface area (Å²) in [5.74, 6) is 0.0433. The molecule has 0 saturated heterocycles. The number of nitrogens with one attached hydrogen (secondary N) is 1. The third-order valence-electron chi connectivity index (χ3n) is 3.71. The van der Waals surface area contributed by atoms with Gasteiger partial charge in [0.05, 0.1) is 5.56 Å². The normalized spacial score (nSPS) is 14.5.